The highest BCUT2D eigenvalue weighted by molar-refractivity contribution is 7.91. The van der Waals surface area contributed by atoms with E-state index in [0.717, 1.165) is 15.4 Å². The van der Waals surface area contributed by atoms with E-state index in [0.29, 0.717) is 29.2 Å². The molecule has 1 saturated heterocycles. The summed E-state index contributed by atoms with van der Waals surface area (Å²) in [6, 6.07) is 18.6. The highest BCUT2D eigenvalue weighted by atomic mass is 32.2. The van der Waals surface area contributed by atoms with Gasteiger partial charge in [0, 0.05) is 11.6 Å². The zero-order valence-corrected chi connectivity index (χ0v) is 20.6. The maximum absolute atomic E-state index is 13.9. The monoisotopic (exact) mass is 510 g/mol. The lowest BCUT2D eigenvalue weighted by Crippen LogP contribution is -2.41. The summed E-state index contributed by atoms with van der Waals surface area (Å²) < 4.78 is 43.8. The first-order valence-corrected chi connectivity index (χ1v) is 13.8. The number of rotatable bonds is 6. The molecule has 0 saturated carbocycles. The second-order valence-electron chi connectivity index (χ2n) is 8.54. The Kier molecular flexibility index (Phi) is 6.29. The molecule has 0 bridgehead atoms. The van der Waals surface area contributed by atoms with Gasteiger partial charge in [0.1, 0.15) is 23.0 Å². The van der Waals surface area contributed by atoms with Crippen LogP contribution in [0.4, 0.5) is 4.39 Å². The van der Waals surface area contributed by atoms with Crippen LogP contribution in [0.1, 0.15) is 27.7 Å². The molecule has 180 valence electrons. The molecule has 6 nitrogen and oxygen atoms in total. The largest absolute Gasteiger partial charge is 0.459 e. The van der Waals surface area contributed by atoms with Gasteiger partial charge in [-0.25, -0.2) is 17.8 Å². The summed E-state index contributed by atoms with van der Waals surface area (Å²) in [7, 11) is -3.23. The third kappa shape index (κ3) is 5.06. The molecule has 0 N–H and O–H groups in total. The average molecular weight is 511 g/mol. The predicted octanol–water partition coefficient (Wildman–Crippen LogP) is 5.35. The number of halogens is 1. The topological polar surface area (TPSA) is 80.5 Å². The molecule has 0 spiro atoms. The van der Waals surface area contributed by atoms with Crippen molar-refractivity contribution in [2.24, 2.45) is 0 Å². The quantitative estimate of drug-likeness (QED) is 0.349. The van der Waals surface area contributed by atoms with Crippen LogP contribution in [0.5, 0.6) is 0 Å². The summed E-state index contributed by atoms with van der Waals surface area (Å²) in [5.41, 5.74) is 1.91. The molecule has 2 aromatic heterocycles. The smallest absolute Gasteiger partial charge is 0.274 e. The maximum Gasteiger partial charge on any atom is 0.274 e. The second kappa shape index (κ2) is 9.39. The first-order chi connectivity index (χ1) is 16.8. The standard InChI is InChI=1S/C26H23FN2O4S2/c1-17-28-24(25(34-17)19-5-3-2-4-6-19)26(30)29(21-13-14-35(31,32)16-21)15-22-11-12-23(33-22)18-7-9-20(27)10-8-18/h2-12,21H,13-16H2,1H3. The number of aromatic nitrogens is 1. The number of amides is 1. The fraction of sp³-hybridized carbons (Fsp3) is 0.231. The van der Waals surface area contributed by atoms with E-state index < -0.39 is 15.9 Å². The highest BCUT2D eigenvalue weighted by Gasteiger charge is 2.37. The third-order valence-corrected chi connectivity index (χ3v) is 8.77. The van der Waals surface area contributed by atoms with Crippen LogP contribution in [0, 0.1) is 12.7 Å². The van der Waals surface area contributed by atoms with Crippen molar-refractivity contribution < 1.29 is 22.0 Å². The minimum absolute atomic E-state index is 0.0437. The number of aryl methyl sites for hydroxylation is 1. The molecule has 35 heavy (non-hydrogen) atoms. The van der Waals surface area contributed by atoms with Crippen molar-refractivity contribution in [3.63, 3.8) is 0 Å². The Morgan fingerprint density at radius 3 is 2.51 bits per heavy atom. The number of hydrogen-bond donors (Lipinski definition) is 0. The predicted molar refractivity (Wildman–Crippen MR) is 133 cm³/mol. The lowest BCUT2D eigenvalue weighted by molar-refractivity contribution is 0.0662. The molecule has 9 heteroatoms. The van der Waals surface area contributed by atoms with Gasteiger partial charge in [0.2, 0.25) is 0 Å². The number of hydrogen-bond acceptors (Lipinski definition) is 6. The highest BCUT2D eigenvalue weighted by Crippen LogP contribution is 2.33. The number of benzene rings is 2. The Morgan fingerprint density at radius 1 is 1.09 bits per heavy atom. The summed E-state index contributed by atoms with van der Waals surface area (Å²) in [6.07, 6.45) is 0.364. The molecule has 2 aromatic carbocycles. The van der Waals surface area contributed by atoms with Gasteiger partial charge in [0.05, 0.1) is 27.9 Å². The van der Waals surface area contributed by atoms with Crippen LogP contribution in [0.25, 0.3) is 21.8 Å². The number of thiazole rings is 1. The summed E-state index contributed by atoms with van der Waals surface area (Å²) in [6.45, 7) is 1.95. The molecular formula is C26H23FN2O4S2. The Bertz CT molecular complexity index is 1460. The first-order valence-electron chi connectivity index (χ1n) is 11.2. The summed E-state index contributed by atoms with van der Waals surface area (Å²) in [5, 5.41) is 0.753. The van der Waals surface area contributed by atoms with Gasteiger partial charge in [-0.1, -0.05) is 30.3 Å². The van der Waals surface area contributed by atoms with Gasteiger partial charge >= 0.3 is 0 Å². The fourth-order valence-corrected chi connectivity index (χ4v) is 6.93. The van der Waals surface area contributed by atoms with E-state index in [1.165, 1.54) is 23.5 Å². The minimum Gasteiger partial charge on any atom is -0.459 e. The fourth-order valence-electron chi connectivity index (χ4n) is 4.28. The van der Waals surface area contributed by atoms with Crippen molar-refractivity contribution in [2.45, 2.75) is 25.9 Å². The molecule has 0 aliphatic carbocycles. The van der Waals surface area contributed by atoms with Crippen molar-refractivity contribution in [3.05, 3.63) is 89.0 Å². The van der Waals surface area contributed by atoms with Crippen molar-refractivity contribution in [1.29, 1.82) is 0 Å². The Balaban J connectivity index is 1.49. The van der Waals surface area contributed by atoms with Crippen LogP contribution < -0.4 is 0 Å². The van der Waals surface area contributed by atoms with Crippen LogP contribution in [0.2, 0.25) is 0 Å². The lowest BCUT2D eigenvalue weighted by Gasteiger charge is -2.27. The van der Waals surface area contributed by atoms with Crippen LogP contribution in [-0.4, -0.2) is 41.8 Å². The maximum atomic E-state index is 13.9. The molecule has 1 amide bonds. The average Bonchev–Trinajstić information content (AvgIpc) is 3.56. The zero-order valence-electron chi connectivity index (χ0n) is 19.0. The normalized spacial score (nSPS) is 16.9. The SMILES string of the molecule is Cc1nc(C(=O)N(Cc2ccc(-c3ccc(F)cc3)o2)C2CCS(=O)(=O)C2)c(-c2ccccc2)s1. The lowest BCUT2D eigenvalue weighted by atomic mass is 10.1. The summed E-state index contributed by atoms with van der Waals surface area (Å²) >= 11 is 1.43. The van der Waals surface area contributed by atoms with Crippen LogP contribution in [-0.2, 0) is 16.4 Å². The van der Waals surface area contributed by atoms with Gasteiger partial charge in [-0.05, 0) is 55.3 Å². The van der Waals surface area contributed by atoms with E-state index in [9.17, 15) is 17.6 Å². The molecule has 4 aromatic rings. The van der Waals surface area contributed by atoms with Gasteiger partial charge in [0.25, 0.3) is 5.91 Å². The summed E-state index contributed by atoms with van der Waals surface area (Å²) in [4.78, 5) is 20.7. The van der Waals surface area contributed by atoms with Gasteiger partial charge < -0.3 is 9.32 Å². The van der Waals surface area contributed by atoms with E-state index in [4.69, 9.17) is 4.42 Å². The van der Waals surface area contributed by atoms with Crippen LogP contribution in [0.3, 0.4) is 0 Å². The second-order valence-corrected chi connectivity index (χ2v) is 12.0. The van der Waals surface area contributed by atoms with Crippen LogP contribution >= 0.6 is 11.3 Å². The minimum atomic E-state index is -3.23. The van der Waals surface area contributed by atoms with Gasteiger partial charge in [0.15, 0.2) is 9.84 Å². The van der Waals surface area contributed by atoms with Gasteiger partial charge in [-0.3, -0.25) is 4.79 Å². The molecule has 0 radical (unpaired) electrons. The van der Waals surface area contributed by atoms with E-state index >= 15 is 0 Å². The molecule has 1 unspecified atom stereocenters. The van der Waals surface area contributed by atoms with Crippen molar-refractivity contribution in [2.75, 3.05) is 11.5 Å². The van der Waals surface area contributed by atoms with Gasteiger partial charge in [-0.15, -0.1) is 11.3 Å². The molecular weight excluding hydrogens is 487 g/mol. The van der Waals surface area contributed by atoms with Gasteiger partial charge in [-0.2, -0.15) is 0 Å². The van der Waals surface area contributed by atoms with E-state index in [1.807, 2.05) is 37.3 Å². The molecule has 1 aliphatic rings. The third-order valence-electron chi connectivity index (χ3n) is 6.00. The molecule has 3 heterocycles. The zero-order chi connectivity index (χ0) is 24.6. The first kappa shape index (κ1) is 23.4. The number of sulfone groups is 1. The number of nitrogens with zero attached hydrogens (tertiary/aromatic N) is 2. The number of carbonyl (C=O) groups is 1. The molecule has 5 rings (SSSR count). The number of furan rings is 1. The van der Waals surface area contributed by atoms with Crippen molar-refractivity contribution >= 4 is 27.1 Å². The van der Waals surface area contributed by atoms with Crippen LogP contribution in [0.15, 0.2) is 71.1 Å². The molecule has 1 atom stereocenters. The number of carbonyl (C=O) groups excluding carboxylic acids is 1. The van der Waals surface area contributed by atoms with E-state index in [-0.39, 0.29) is 29.8 Å². The van der Waals surface area contributed by atoms with E-state index in [1.54, 1.807) is 29.2 Å². The Morgan fingerprint density at radius 2 is 1.83 bits per heavy atom. The van der Waals surface area contributed by atoms with E-state index in [2.05, 4.69) is 4.98 Å². The Labute approximate surface area is 207 Å². The summed E-state index contributed by atoms with van der Waals surface area (Å²) in [5.74, 6) is 0.342. The Hall–Kier alpha value is -3.30. The molecule has 1 fully saturated rings. The molecule has 1 aliphatic heterocycles. The van der Waals surface area contributed by atoms with Crippen molar-refractivity contribution in [1.82, 2.24) is 9.88 Å². The van der Waals surface area contributed by atoms with Crippen molar-refractivity contribution in [3.8, 4) is 21.8 Å².